The zero-order chi connectivity index (χ0) is 12.5. The standard InChI is InChI=1S/C16H23NO/c1-11-2-9-16(17)15(10-11)12-3-5-13(6-4-12)18-14-7-8-14/h3-6,11,14-16H,2,7-10,17H2,1H3. The van der Waals surface area contributed by atoms with Crippen LogP contribution >= 0.6 is 0 Å². The van der Waals surface area contributed by atoms with Crippen molar-refractivity contribution in [1.82, 2.24) is 0 Å². The van der Waals surface area contributed by atoms with E-state index in [9.17, 15) is 0 Å². The molecule has 3 unspecified atom stereocenters. The molecule has 2 heteroatoms. The first kappa shape index (κ1) is 12.0. The first-order valence-corrected chi connectivity index (χ1v) is 7.24. The highest BCUT2D eigenvalue weighted by atomic mass is 16.5. The van der Waals surface area contributed by atoms with Crippen molar-refractivity contribution < 1.29 is 4.74 Å². The van der Waals surface area contributed by atoms with Crippen LogP contribution in [0.1, 0.15) is 50.5 Å². The zero-order valence-electron chi connectivity index (χ0n) is 11.1. The fourth-order valence-corrected chi connectivity index (χ4v) is 2.96. The lowest BCUT2D eigenvalue weighted by molar-refractivity contribution is 0.299. The van der Waals surface area contributed by atoms with Crippen LogP contribution in [-0.4, -0.2) is 12.1 Å². The second kappa shape index (κ2) is 4.93. The average molecular weight is 245 g/mol. The van der Waals surface area contributed by atoms with Gasteiger partial charge in [-0.15, -0.1) is 0 Å². The smallest absolute Gasteiger partial charge is 0.119 e. The molecule has 2 fully saturated rings. The van der Waals surface area contributed by atoms with E-state index >= 15 is 0 Å². The quantitative estimate of drug-likeness (QED) is 0.885. The van der Waals surface area contributed by atoms with Gasteiger partial charge in [0.05, 0.1) is 6.10 Å². The van der Waals surface area contributed by atoms with Crippen molar-refractivity contribution in [2.75, 3.05) is 0 Å². The summed E-state index contributed by atoms with van der Waals surface area (Å²) in [5.41, 5.74) is 7.66. The van der Waals surface area contributed by atoms with Gasteiger partial charge in [-0.2, -0.15) is 0 Å². The van der Waals surface area contributed by atoms with Gasteiger partial charge in [0, 0.05) is 6.04 Å². The van der Waals surface area contributed by atoms with Gasteiger partial charge in [-0.1, -0.05) is 19.1 Å². The molecule has 0 spiro atoms. The lowest BCUT2D eigenvalue weighted by Gasteiger charge is -2.32. The van der Waals surface area contributed by atoms with Crippen LogP contribution < -0.4 is 10.5 Å². The van der Waals surface area contributed by atoms with Crippen molar-refractivity contribution in [2.45, 2.75) is 57.1 Å². The van der Waals surface area contributed by atoms with E-state index in [4.69, 9.17) is 10.5 Å². The Balaban J connectivity index is 1.70. The molecule has 18 heavy (non-hydrogen) atoms. The van der Waals surface area contributed by atoms with E-state index in [1.165, 1.54) is 31.2 Å². The first-order valence-electron chi connectivity index (χ1n) is 7.24. The molecular formula is C16H23NO. The van der Waals surface area contributed by atoms with E-state index in [2.05, 4.69) is 31.2 Å². The van der Waals surface area contributed by atoms with Crippen LogP contribution in [-0.2, 0) is 0 Å². The molecule has 0 aromatic heterocycles. The fraction of sp³-hybridized carbons (Fsp3) is 0.625. The molecule has 2 N–H and O–H groups in total. The second-order valence-electron chi connectivity index (χ2n) is 6.07. The largest absolute Gasteiger partial charge is 0.490 e. The fourth-order valence-electron chi connectivity index (χ4n) is 2.96. The van der Waals surface area contributed by atoms with E-state index in [-0.39, 0.29) is 0 Å². The molecule has 2 aliphatic rings. The summed E-state index contributed by atoms with van der Waals surface area (Å²) in [6, 6.07) is 8.97. The maximum absolute atomic E-state index is 6.27. The second-order valence-corrected chi connectivity index (χ2v) is 6.07. The van der Waals surface area contributed by atoms with Gasteiger partial charge in [0.15, 0.2) is 0 Å². The van der Waals surface area contributed by atoms with E-state index in [0.29, 0.717) is 18.1 Å². The van der Waals surface area contributed by atoms with Gasteiger partial charge in [-0.25, -0.2) is 0 Å². The monoisotopic (exact) mass is 245 g/mol. The van der Waals surface area contributed by atoms with Crippen molar-refractivity contribution in [2.24, 2.45) is 11.7 Å². The Morgan fingerprint density at radius 1 is 1.06 bits per heavy atom. The third kappa shape index (κ3) is 2.69. The first-order chi connectivity index (χ1) is 8.72. The van der Waals surface area contributed by atoms with Gasteiger partial charge in [0.25, 0.3) is 0 Å². The SMILES string of the molecule is CC1CCC(N)C(c2ccc(OC3CC3)cc2)C1. The van der Waals surface area contributed by atoms with Gasteiger partial charge < -0.3 is 10.5 Å². The van der Waals surface area contributed by atoms with Gasteiger partial charge >= 0.3 is 0 Å². The minimum absolute atomic E-state index is 0.330. The van der Waals surface area contributed by atoms with Gasteiger partial charge in [-0.3, -0.25) is 0 Å². The topological polar surface area (TPSA) is 35.2 Å². The Morgan fingerprint density at radius 2 is 1.78 bits per heavy atom. The summed E-state index contributed by atoms with van der Waals surface area (Å²) in [6.45, 7) is 2.34. The van der Waals surface area contributed by atoms with Gasteiger partial charge in [0.1, 0.15) is 5.75 Å². The Bertz CT molecular complexity index is 396. The molecule has 2 aliphatic carbocycles. The molecule has 0 bridgehead atoms. The van der Waals surface area contributed by atoms with Crippen molar-refractivity contribution in [3.63, 3.8) is 0 Å². The van der Waals surface area contributed by atoms with Crippen LogP contribution in [0.2, 0.25) is 0 Å². The summed E-state index contributed by atoms with van der Waals surface area (Å²) >= 11 is 0. The van der Waals surface area contributed by atoms with Crippen LogP contribution in [0.3, 0.4) is 0 Å². The van der Waals surface area contributed by atoms with Gasteiger partial charge in [0.2, 0.25) is 0 Å². The predicted octanol–water partition coefficient (Wildman–Crippen LogP) is 3.46. The molecule has 0 aliphatic heterocycles. The number of hydrogen-bond acceptors (Lipinski definition) is 2. The van der Waals surface area contributed by atoms with Crippen LogP contribution in [0, 0.1) is 5.92 Å². The number of rotatable bonds is 3. The Labute approximate surface area is 110 Å². The number of benzene rings is 1. The molecule has 3 atom stereocenters. The van der Waals surface area contributed by atoms with Crippen LogP contribution in [0.5, 0.6) is 5.75 Å². The molecule has 3 rings (SSSR count). The third-order valence-corrected chi connectivity index (χ3v) is 4.30. The molecule has 0 saturated heterocycles. The Kier molecular flexibility index (Phi) is 3.29. The highest BCUT2D eigenvalue weighted by Gasteiger charge is 2.27. The molecule has 2 nitrogen and oxygen atoms in total. The summed E-state index contributed by atoms with van der Waals surface area (Å²) in [7, 11) is 0. The number of ether oxygens (including phenoxy) is 1. The maximum atomic E-state index is 6.27. The van der Waals surface area contributed by atoms with Crippen LogP contribution in [0.25, 0.3) is 0 Å². The molecule has 0 radical (unpaired) electrons. The lowest BCUT2D eigenvalue weighted by atomic mass is 9.76. The number of hydrogen-bond donors (Lipinski definition) is 1. The Hall–Kier alpha value is -1.02. The van der Waals surface area contributed by atoms with Crippen LogP contribution in [0.15, 0.2) is 24.3 Å². The van der Waals surface area contributed by atoms with Crippen molar-refractivity contribution in [3.05, 3.63) is 29.8 Å². The predicted molar refractivity (Wildman–Crippen MR) is 73.8 cm³/mol. The molecule has 1 aromatic rings. The average Bonchev–Trinajstić information content (AvgIpc) is 3.17. The van der Waals surface area contributed by atoms with Crippen molar-refractivity contribution in [1.29, 1.82) is 0 Å². The minimum atomic E-state index is 0.330. The van der Waals surface area contributed by atoms with E-state index < -0.39 is 0 Å². The zero-order valence-corrected chi connectivity index (χ0v) is 11.1. The molecule has 98 valence electrons. The number of nitrogens with two attached hydrogens (primary N) is 1. The third-order valence-electron chi connectivity index (χ3n) is 4.30. The summed E-state index contributed by atoms with van der Waals surface area (Å²) in [5.74, 6) is 2.35. The molecule has 1 aromatic carbocycles. The minimum Gasteiger partial charge on any atom is -0.490 e. The van der Waals surface area contributed by atoms with Crippen molar-refractivity contribution in [3.8, 4) is 5.75 Å². The molecule has 2 saturated carbocycles. The molecule has 0 heterocycles. The van der Waals surface area contributed by atoms with E-state index in [1.807, 2.05) is 0 Å². The van der Waals surface area contributed by atoms with Crippen LogP contribution in [0.4, 0.5) is 0 Å². The van der Waals surface area contributed by atoms with Crippen molar-refractivity contribution >= 4 is 0 Å². The Morgan fingerprint density at radius 3 is 2.44 bits per heavy atom. The lowest BCUT2D eigenvalue weighted by Crippen LogP contribution is -2.33. The maximum Gasteiger partial charge on any atom is 0.119 e. The van der Waals surface area contributed by atoms with Gasteiger partial charge in [-0.05, 0) is 61.6 Å². The van der Waals surface area contributed by atoms with E-state index in [0.717, 1.165) is 18.1 Å². The molecular weight excluding hydrogens is 222 g/mol. The summed E-state index contributed by atoms with van der Waals surface area (Å²) in [5, 5.41) is 0. The highest BCUT2D eigenvalue weighted by Crippen LogP contribution is 2.36. The highest BCUT2D eigenvalue weighted by molar-refractivity contribution is 5.31. The normalized spacial score (nSPS) is 32.2. The summed E-state index contributed by atoms with van der Waals surface area (Å²) in [6.07, 6.45) is 6.57. The molecule has 0 amide bonds. The summed E-state index contributed by atoms with van der Waals surface area (Å²) in [4.78, 5) is 0. The van der Waals surface area contributed by atoms with E-state index in [1.54, 1.807) is 0 Å². The summed E-state index contributed by atoms with van der Waals surface area (Å²) < 4.78 is 5.78.